The van der Waals surface area contributed by atoms with Crippen LogP contribution in [0, 0.1) is 3.57 Å². The minimum absolute atomic E-state index is 0.0516. The molecule has 0 saturated carbocycles. The van der Waals surface area contributed by atoms with E-state index in [2.05, 4.69) is 27.9 Å². The number of nitrogens with one attached hydrogen (secondary N) is 1. The molecule has 3 heteroatoms. The Labute approximate surface area is 127 Å². The lowest BCUT2D eigenvalue weighted by Gasteiger charge is -2.15. The summed E-state index contributed by atoms with van der Waals surface area (Å²) in [5.41, 5.74) is 1.92. The number of hydrogen-bond acceptors (Lipinski definition) is 1. The lowest BCUT2D eigenvalue weighted by molar-refractivity contribution is -0.117. The Morgan fingerprint density at radius 2 is 1.89 bits per heavy atom. The molecule has 0 bridgehead atoms. The van der Waals surface area contributed by atoms with E-state index in [1.54, 1.807) is 0 Å². The average molecular weight is 365 g/mol. The van der Waals surface area contributed by atoms with Crippen LogP contribution in [0.25, 0.3) is 0 Å². The van der Waals surface area contributed by atoms with E-state index >= 15 is 0 Å². The van der Waals surface area contributed by atoms with Crippen LogP contribution in [0.15, 0.2) is 54.6 Å². The van der Waals surface area contributed by atoms with Crippen LogP contribution in [0.2, 0.25) is 0 Å². The third-order valence-electron chi connectivity index (χ3n) is 3.02. The standard InChI is InChI=1S/C16H16INO/c1-2-15(12-7-4-3-5-8-12)16(19)18-14-10-6-9-13(17)11-14/h3-11,15H,2H2,1H3,(H,18,19)/t15-/m1/s1. The Balaban J connectivity index is 2.14. The molecule has 2 aromatic rings. The Morgan fingerprint density at radius 3 is 2.53 bits per heavy atom. The van der Waals surface area contributed by atoms with E-state index in [0.29, 0.717) is 0 Å². The predicted molar refractivity (Wildman–Crippen MR) is 87.3 cm³/mol. The van der Waals surface area contributed by atoms with Gasteiger partial charge in [-0.1, -0.05) is 43.3 Å². The van der Waals surface area contributed by atoms with E-state index in [-0.39, 0.29) is 11.8 Å². The topological polar surface area (TPSA) is 29.1 Å². The van der Waals surface area contributed by atoms with E-state index in [0.717, 1.165) is 21.2 Å². The maximum Gasteiger partial charge on any atom is 0.231 e. The number of anilines is 1. The van der Waals surface area contributed by atoms with Gasteiger partial charge in [-0.15, -0.1) is 0 Å². The first-order valence-electron chi connectivity index (χ1n) is 6.32. The molecule has 1 N–H and O–H groups in total. The molecule has 1 atom stereocenters. The zero-order chi connectivity index (χ0) is 13.7. The van der Waals surface area contributed by atoms with Gasteiger partial charge < -0.3 is 5.32 Å². The van der Waals surface area contributed by atoms with Crippen molar-refractivity contribution >= 4 is 34.2 Å². The number of rotatable bonds is 4. The molecule has 0 aliphatic carbocycles. The number of hydrogen-bond donors (Lipinski definition) is 1. The summed E-state index contributed by atoms with van der Waals surface area (Å²) in [5, 5.41) is 2.99. The average Bonchev–Trinajstić information content (AvgIpc) is 2.41. The van der Waals surface area contributed by atoms with Crippen molar-refractivity contribution in [3.05, 3.63) is 63.7 Å². The molecule has 2 rings (SSSR count). The molecule has 0 heterocycles. The second-order valence-corrected chi connectivity index (χ2v) is 5.62. The van der Waals surface area contributed by atoms with Crippen LogP contribution in [0.5, 0.6) is 0 Å². The van der Waals surface area contributed by atoms with Gasteiger partial charge in [-0.2, -0.15) is 0 Å². The third kappa shape index (κ3) is 3.80. The maximum absolute atomic E-state index is 12.3. The number of halogens is 1. The molecule has 2 nitrogen and oxygen atoms in total. The summed E-state index contributed by atoms with van der Waals surface area (Å²) in [6.07, 6.45) is 0.791. The van der Waals surface area contributed by atoms with Crippen LogP contribution in [-0.2, 0) is 4.79 Å². The smallest absolute Gasteiger partial charge is 0.231 e. The highest BCUT2D eigenvalue weighted by Gasteiger charge is 2.18. The van der Waals surface area contributed by atoms with Crippen molar-refractivity contribution in [1.82, 2.24) is 0 Å². The van der Waals surface area contributed by atoms with E-state index < -0.39 is 0 Å². The van der Waals surface area contributed by atoms with E-state index in [1.807, 2.05) is 61.5 Å². The fraction of sp³-hybridized carbons (Fsp3) is 0.188. The molecule has 0 radical (unpaired) electrons. The van der Waals surface area contributed by atoms with E-state index in [4.69, 9.17) is 0 Å². The first-order chi connectivity index (χ1) is 9.20. The molecule has 0 aliphatic heterocycles. The zero-order valence-corrected chi connectivity index (χ0v) is 12.9. The third-order valence-corrected chi connectivity index (χ3v) is 3.69. The van der Waals surface area contributed by atoms with Crippen LogP contribution in [0.4, 0.5) is 5.69 Å². The normalized spacial score (nSPS) is 11.9. The summed E-state index contributed by atoms with van der Waals surface area (Å²) in [7, 11) is 0. The lowest BCUT2D eigenvalue weighted by atomic mass is 9.95. The van der Waals surface area contributed by atoms with Gasteiger partial charge in [0.25, 0.3) is 0 Å². The van der Waals surface area contributed by atoms with Crippen molar-refractivity contribution in [3.63, 3.8) is 0 Å². The van der Waals surface area contributed by atoms with Crippen LogP contribution in [0.1, 0.15) is 24.8 Å². The molecular formula is C16H16INO. The first kappa shape index (κ1) is 14.1. The first-order valence-corrected chi connectivity index (χ1v) is 7.40. The monoisotopic (exact) mass is 365 g/mol. The Kier molecular flexibility index (Phi) is 4.96. The van der Waals surface area contributed by atoms with Gasteiger partial charge in [0.2, 0.25) is 5.91 Å². The van der Waals surface area contributed by atoms with Gasteiger partial charge in [0.1, 0.15) is 0 Å². The highest BCUT2D eigenvalue weighted by molar-refractivity contribution is 14.1. The summed E-state index contributed by atoms with van der Waals surface area (Å²) in [5.74, 6) is -0.0465. The van der Waals surface area contributed by atoms with E-state index in [9.17, 15) is 4.79 Å². The Morgan fingerprint density at radius 1 is 1.16 bits per heavy atom. The molecular weight excluding hydrogens is 349 g/mol. The fourth-order valence-electron chi connectivity index (χ4n) is 2.05. The second kappa shape index (κ2) is 6.70. The molecule has 19 heavy (non-hydrogen) atoms. The van der Waals surface area contributed by atoms with E-state index in [1.165, 1.54) is 0 Å². The highest BCUT2D eigenvalue weighted by Crippen LogP contribution is 2.22. The maximum atomic E-state index is 12.3. The summed E-state index contributed by atoms with van der Waals surface area (Å²) < 4.78 is 1.11. The minimum Gasteiger partial charge on any atom is -0.326 e. The van der Waals surface area contributed by atoms with Crippen LogP contribution >= 0.6 is 22.6 Å². The van der Waals surface area contributed by atoms with Gasteiger partial charge in [0, 0.05) is 9.26 Å². The number of carbonyl (C=O) groups excluding carboxylic acids is 1. The summed E-state index contributed by atoms with van der Waals surface area (Å²) in [6, 6.07) is 17.7. The highest BCUT2D eigenvalue weighted by atomic mass is 127. The van der Waals surface area contributed by atoms with Crippen molar-refractivity contribution in [2.24, 2.45) is 0 Å². The molecule has 1 amide bonds. The molecule has 2 aromatic carbocycles. The van der Waals surface area contributed by atoms with Crippen molar-refractivity contribution in [3.8, 4) is 0 Å². The second-order valence-electron chi connectivity index (χ2n) is 4.37. The molecule has 0 saturated heterocycles. The summed E-state index contributed by atoms with van der Waals surface area (Å²) >= 11 is 2.24. The van der Waals surface area contributed by atoms with Crippen molar-refractivity contribution in [2.75, 3.05) is 5.32 Å². The molecule has 0 fully saturated rings. The van der Waals surface area contributed by atoms with Gasteiger partial charge in [-0.3, -0.25) is 4.79 Å². The van der Waals surface area contributed by atoms with Gasteiger partial charge in [0.15, 0.2) is 0 Å². The van der Waals surface area contributed by atoms with Crippen LogP contribution in [-0.4, -0.2) is 5.91 Å². The molecule has 0 aliphatic rings. The quantitative estimate of drug-likeness (QED) is 0.799. The largest absolute Gasteiger partial charge is 0.326 e. The minimum atomic E-state index is -0.0981. The summed E-state index contributed by atoms with van der Waals surface area (Å²) in [6.45, 7) is 2.03. The Bertz CT molecular complexity index is 554. The SMILES string of the molecule is CC[C@@H](C(=O)Nc1cccc(I)c1)c1ccccc1. The molecule has 0 aromatic heterocycles. The van der Waals surface area contributed by atoms with Gasteiger partial charge >= 0.3 is 0 Å². The predicted octanol–water partition coefficient (Wildman–Crippen LogP) is 4.42. The number of amides is 1. The molecule has 0 spiro atoms. The molecule has 0 unspecified atom stereocenters. The molecule has 98 valence electrons. The Hall–Kier alpha value is -1.36. The van der Waals surface area contributed by atoms with Crippen molar-refractivity contribution in [2.45, 2.75) is 19.3 Å². The number of benzene rings is 2. The van der Waals surface area contributed by atoms with Crippen molar-refractivity contribution < 1.29 is 4.79 Å². The van der Waals surface area contributed by atoms with Crippen molar-refractivity contribution in [1.29, 1.82) is 0 Å². The van der Waals surface area contributed by atoms with Gasteiger partial charge in [-0.05, 0) is 52.8 Å². The lowest BCUT2D eigenvalue weighted by Crippen LogP contribution is -2.20. The fourth-order valence-corrected chi connectivity index (χ4v) is 2.60. The van der Waals surface area contributed by atoms with Gasteiger partial charge in [-0.25, -0.2) is 0 Å². The van der Waals surface area contributed by atoms with Crippen LogP contribution in [0.3, 0.4) is 0 Å². The van der Waals surface area contributed by atoms with Gasteiger partial charge in [0.05, 0.1) is 5.92 Å². The van der Waals surface area contributed by atoms with Crippen LogP contribution < -0.4 is 5.32 Å². The number of carbonyl (C=O) groups is 1. The zero-order valence-electron chi connectivity index (χ0n) is 10.8. The summed E-state index contributed by atoms with van der Waals surface area (Å²) in [4.78, 5) is 12.3.